The highest BCUT2D eigenvalue weighted by atomic mass is 79.9. The second-order valence-corrected chi connectivity index (χ2v) is 8.26. The van der Waals surface area contributed by atoms with Crippen molar-refractivity contribution < 1.29 is 14.6 Å². The lowest BCUT2D eigenvalue weighted by Crippen LogP contribution is -2.48. The number of piperidine rings is 1. The molecule has 2 bridgehead atoms. The van der Waals surface area contributed by atoms with Crippen molar-refractivity contribution in [2.75, 3.05) is 6.54 Å². The summed E-state index contributed by atoms with van der Waals surface area (Å²) in [5, 5.41) is 11.0. The SMILES string of the molecule is O=C1O[C@@]23C[C@@H](C=CC2=C1C(O)c1ccccc1Br)N1CCCC[C@H]13. The number of rotatable bonds is 2. The number of nitrogens with zero attached hydrogens (tertiary/aromatic N) is 1. The van der Waals surface area contributed by atoms with Crippen LogP contribution in [0.5, 0.6) is 0 Å². The third-order valence-corrected chi connectivity index (χ3v) is 6.94. The number of esters is 1. The summed E-state index contributed by atoms with van der Waals surface area (Å²) >= 11 is 3.49. The maximum atomic E-state index is 12.8. The summed E-state index contributed by atoms with van der Waals surface area (Å²) in [6.07, 6.45) is 7.49. The molecule has 5 rings (SSSR count). The largest absolute Gasteiger partial charge is 0.449 e. The lowest BCUT2D eigenvalue weighted by atomic mass is 9.78. The van der Waals surface area contributed by atoms with E-state index in [4.69, 9.17) is 4.74 Å². The average Bonchev–Trinajstić information content (AvgIpc) is 3.06. The van der Waals surface area contributed by atoms with Crippen molar-refractivity contribution in [3.8, 4) is 0 Å². The molecule has 0 amide bonds. The Bertz CT molecular complexity index is 817. The van der Waals surface area contributed by atoms with E-state index in [1.807, 2.05) is 30.3 Å². The molecule has 2 saturated heterocycles. The van der Waals surface area contributed by atoms with Gasteiger partial charge in [-0.25, -0.2) is 4.79 Å². The summed E-state index contributed by atoms with van der Waals surface area (Å²) < 4.78 is 6.83. The highest BCUT2D eigenvalue weighted by Crippen LogP contribution is 2.54. The molecular formula is C20H20BrNO3. The molecule has 1 aromatic rings. The molecule has 0 radical (unpaired) electrons. The van der Waals surface area contributed by atoms with Crippen molar-refractivity contribution in [3.05, 3.63) is 57.6 Å². The van der Waals surface area contributed by atoms with Crippen molar-refractivity contribution in [1.82, 2.24) is 4.90 Å². The second kappa shape index (κ2) is 5.53. The van der Waals surface area contributed by atoms with Gasteiger partial charge in [-0.3, -0.25) is 4.90 Å². The number of hydrogen-bond acceptors (Lipinski definition) is 4. The van der Waals surface area contributed by atoms with Crippen molar-refractivity contribution in [2.45, 2.75) is 49.5 Å². The van der Waals surface area contributed by atoms with Gasteiger partial charge in [0, 0.05) is 22.5 Å². The molecule has 0 saturated carbocycles. The molecule has 1 aromatic carbocycles. The van der Waals surface area contributed by atoms with E-state index >= 15 is 0 Å². The molecule has 0 aromatic heterocycles. The predicted octanol–water partition coefficient (Wildman–Crippen LogP) is 3.27. The first kappa shape index (κ1) is 15.8. The van der Waals surface area contributed by atoms with E-state index in [1.165, 1.54) is 12.8 Å². The fourth-order valence-corrected chi connectivity index (χ4v) is 5.66. The molecule has 3 heterocycles. The Kier molecular flexibility index (Phi) is 3.50. The number of fused-ring (bicyclic) bond motifs is 3. The molecular weight excluding hydrogens is 382 g/mol. The second-order valence-electron chi connectivity index (χ2n) is 7.41. The highest BCUT2D eigenvalue weighted by Gasteiger charge is 2.62. The lowest BCUT2D eigenvalue weighted by Gasteiger charge is -2.37. The van der Waals surface area contributed by atoms with Crippen LogP contribution >= 0.6 is 15.9 Å². The van der Waals surface area contributed by atoms with Crippen LogP contribution < -0.4 is 0 Å². The number of benzene rings is 1. The van der Waals surface area contributed by atoms with Crippen LogP contribution in [0.2, 0.25) is 0 Å². The molecule has 4 atom stereocenters. The Morgan fingerprint density at radius 1 is 1.32 bits per heavy atom. The highest BCUT2D eigenvalue weighted by molar-refractivity contribution is 9.10. The maximum absolute atomic E-state index is 12.8. The molecule has 2 fully saturated rings. The summed E-state index contributed by atoms with van der Waals surface area (Å²) in [5.74, 6) is -0.365. The maximum Gasteiger partial charge on any atom is 0.338 e. The molecule has 5 heteroatoms. The number of halogens is 1. The van der Waals surface area contributed by atoms with Crippen LogP contribution in [0.3, 0.4) is 0 Å². The van der Waals surface area contributed by atoms with Crippen molar-refractivity contribution in [2.24, 2.45) is 0 Å². The lowest BCUT2D eigenvalue weighted by molar-refractivity contribution is -0.150. The molecule has 4 aliphatic rings. The summed E-state index contributed by atoms with van der Waals surface area (Å²) in [7, 11) is 0. The minimum atomic E-state index is -0.976. The van der Waals surface area contributed by atoms with Gasteiger partial charge >= 0.3 is 5.97 Å². The average molecular weight is 402 g/mol. The van der Waals surface area contributed by atoms with E-state index in [9.17, 15) is 9.90 Å². The smallest absolute Gasteiger partial charge is 0.338 e. The normalized spacial score (nSPS) is 34.7. The monoisotopic (exact) mass is 401 g/mol. The van der Waals surface area contributed by atoms with Gasteiger partial charge in [-0.05, 0) is 31.0 Å². The first-order valence-electron chi connectivity index (χ1n) is 8.96. The van der Waals surface area contributed by atoms with Crippen LogP contribution in [0.4, 0.5) is 0 Å². The van der Waals surface area contributed by atoms with Crippen LogP contribution in [-0.2, 0) is 9.53 Å². The van der Waals surface area contributed by atoms with Gasteiger partial charge in [-0.1, -0.05) is 52.7 Å². The number of carbonyl (C=O) groups is 1. The zero-order valence-corrected chi connectivity index (χ0v) is 15.4. The predicted molar refractivity (Wildman–Crippen MR) is 96.8 cm³/mol. The van der Waals surface area contributed by atoms with Gasteiger partial charge in [-0.2, -0.15) is 0 Å². The summed E-state index contributed by atoms with van der Waals surface area (Å²) in [5.41, 5.74) is 1.45. The molecule has 25 heavy (non-hydrogen) atoms. The minimum Gasteiger partial charge on any atom is -0.449 e. The Hall–Kier alpha value is -1.43. The topological polar surface area (TPSA) is 49.8 Å². The molecule has 130 valence electrons. The fourth-order valence-electron chi connectivity index (χ4n) is 5.16. The summed E-state index contributed by atoms with van der Waals surface area (Å²) in [6, 6.07) is 8.08. The minimum absolute atomic E-state index is 0.240. The first-order valence-corrected chi connectivity index (χ1v) is 9.75. The van der Waals surface area contributed by atoms with Crippen LogP contribution in [0, 0.1) is 0 Å². The molecule has 1 spiro atoms. The van der Waals surface area contributed by atoms with Crippen LogP contribution in [0.1, 0.15) is 37.4 Å². The number of aliphatic hydroxyl groups excluding tert-OH is 1. The number of hydrogen-bond donors (Lipinski definition) is 1. The zero-order chi connectivity index (χ0) is 17.2. The van der Waals surface area contributed by atoms with E-state index in [0.29, 0.717) is 17.2 Å². The van der Waals surface area contributed by atoms with Gasteiger partial charge in [0.25, 0.3) is 0 Å². The molecule has 3 aliphatic heterocycles. The van der Waals surface area contributed by atoms with E-state index in [1.54, 1.807) is 0 Å². The third-order valence-electron chi connectivity index (χ3n) is 6.22. The Balaban J connectivity index is 1.63. The first-order chi connectivity index (χ1) is 12.1. The Labute approximate surface area is 155 Å². The molecule has 1 unspecified atom stereocenters. The van der Waals surface area contributed by atoms with Gasteiger partial charge in [0.1, 0.15) is 6.10 Å². The van der Waals surface area contributed by atoms with E-state index in [2.05, 4.69) is 26.9 Å². The molecule has 4 nitrogen and oxygen atoms in total. The zero-order valence-electron chi connectivity index (χ0n) is 13.8. The van der Waals surface area contributed by atoms with Gasteiger partial charge in [0.2, 0.25) is 0 Å². The fraction of sp³-hybridized carbons (Fsp3) is 0.450. The number of carbonyl (C=O) groups excluding carboxylic acids is 1. The number of ether oxygens (including phenoxy) is 1. The van der Waals surface area contributed by atoms with E-state index in [0.717, 1.165) is 29.4 Å². The summed E-state index contributed by atoms with van der Waals surface area (Å²) in [4.78, 5) is 15.3. The molecule has 1 aliphatic carbocycles. The van der Waals surface area contributed by atoms with Crippen molar-refractivity contribution in [3.63, 3.8) is 0 Å². The third kappa shape index (κ3) is 2.09. The van der Waals surface area contributed by atoms with Crippen molar-refractivity contribution >= 4 is 21.9 Å². The Morgan fingerprint density at radius 2 is 2.16 bits per heavy atom. The van der Waals surface area contributed by atoms with E-state index < -0.39 is 11.7 Å². The van der Waals surface area contributed by atoms with Crippen LogP contribution in [0.15, 0.2) is 52.0 Å². The van der Waals surface area contributed by atoms with Crippen molar-refractivity contribution in [1.29, 1.82) is 0 Å². The quantitative estimate of drug-likeness (QED) is 0.772. The van der Waals surface area contributed by atoms with E-state index in [-0.39, 0.29) is 12.0 Å². The van der Waals surface area contributed by atoms with Gasteiger partial charge in [0.15, 0.2) is 5.60 Å². The van der Waals surface area contributed by atoms with Gasteiger partial charge in [-0.15, -0.1) is 0 Å². The molecule has 1 N–H and O–H groups in total. The Morgan fingerprint density at radius 3 is 3.00 bits per heavy atom. The van der Waals surface area contributed by atoms with Gasteiger partial charge in [0.05, 0.1) is 11.6 Å². The van der Waals surface area contributed by atoms with Gasteiger partial charge < -0.3 is 9.84 Å². The van der Waals surface area contributed by atoms with Crippen LogP contribution in [-0.4, -0.2) is 40.2 Å². The summed E-state index contributed by atoms with van der Waals surface area (Å²) in [6.45, 7) is 1.06. The standard InChI is InChI=1S/C20H20BrNO3/c21-15-6-2-1-5-13(15)18(23)17-14-9-8-12-11-20(14,25-19(17)24)16-7-3-4-10-22(12)16/h1-2,5-6,8-9,12,16,18,23H,3-4,7,10-11H2/t12-,16+,18?,20+/m1/s1. The number of aliphatic hydroxyl groups is 1. The van der Waals surface area contributed by atoms with Crippen LogP contribution in [0.25, 0.3) is 0 Å².